The highest BCUT2D eigenvalue weighted by Crippen LogP contribution is 2.23. The van der Waals surface area contributed by atoms with Gasteiger partial charge >= 0.3 is 0 Å². The Morgan fingerprint density at radius 2 is 1.67 bits per heavy atom. The molecule has 2 aromatic rings. The second kappa shape index (κ2) is 14.4. The van der Waals surface area contributed by atoms with Crippen LogP contribution in [-0.4, -0.2) is 50.5 Å². The molecule has 0 saturated heterocycles. The van der Waals surface area contributed by atoms with Crippen LogP contribution in [-0.2, 0) is 26.2 Å². The third-order valence-electron chi connectivity index (χ3n) is 5.78. The number of amides is 2. The van der Waals surface area contributed by atoms with Gasteiger partial charge in [-0.25, -0.2) is 8.42 Å². The summed E-state index contributed by atoms with van der Waals surface area (Å²) in [6, 6.07) is 13.1. The molecule has 0 unspecified atom stereocenters. The van der Waals surface area contributed by atoms with E-state index >= 15 is 0 Å². The highest BCUT2D eigenvalue weighted by atomic mass is 35.5. The molecular weight excluding hydrogens is 521 g/mol. The van der Waals surface area contributed by atoms with E-state index in [0.29, 0.717) is 28.7 Å². The van der Waals surface area contributed by atoms with Crippen LogP contribution >= 0.6 is 23.2 Å². The zero-order chi connectivity index (χ0) is 26.7. The van der Waals surface area contributed by atoms with E-state index in [4.69, 9.17) is 23.2 Å². The van der Waals surface area contributed by atoms with E-state index in [0.717, 1.165) is 24.7 Å². The Hall–Kier alpha value is -2.29. The fourth-order valence-corrected chi connectivity index (χ4v) is 5.13. The maximum atomic E-state index is 13.4. The van der Waals surface area contributed by atoms with E-state index in [2.05, 4.69) is 5.32 Å². The first-order valence-corrected chi connectivity index (χ1v) is 14.7. The summed E-state index contributed by atoms with van der Waals surface area (Å²) in [5, 5.41) is 3.94. The number of halogens is 2. The highest BCUT2D eigenvalue weighted by Gasteiger charge is 2.29. The monoisotopic (exact) mass is 555 g/mol. The lowest BCUT2D eigenvalue weighted by atomic mass is 10.1. The second-order valence-electron chi connectivity index (χ2n) is 8.60. The Kier molecular flexibility index (Phi) is 12.0. The van der Waals surface area contributed by atoms with Gasteiger partial charge in [0, 0.05) is 36.1 Å². The molecule has 0 radical (unpaired) electrons. The van der Waals surface area contributed by atoms with Gasteiger partial charge in [-0.1, -0.05) is 61.7 Å². The van der Waals surface area contributed by atoms with Gasteiger partial charge in [0.2, 0.25) is 21.8 Å². The van der Waals surface area contributed by atoms with Crippen molar-refractivity contribution in [2.75, 3.05) is 23.7 Å². The zero-order valence-corrected chi connectivity index (χ0v) is 23.4. The topological polar surface area (TPSA) is 86.8 Å². The van der Waals surface area contributed by atoms with E-state index in [9.17, 15) is 18.0 Å². The van der Waals surface area contributed by atoms with E-state index in [-0.39, 0.29) is 37.7 Å². The number of rotatable bonds is 14. The fraction of sp³-hybridized carbons (Fsp3) is 0.462. The molecule has 0 saturated carbocycles. The maximum absolute atomic E-state index is 13.4. The Bertz CT molecular complexity index is 1110. The van der Waals surface area contributed by atoms with Gasteiger partial charge in [0.05, 0.1) is 11.9 Å². The van der Waals surface area contributed by atoms with E-state index in [1.807, 2.05) is 32.0 Å². The number of anilines is 1. The largest absolute Gasteiger partial charge is 0.354 e. The number of nitrogens with zero attached hydrogens (tertiary/aromatic N) is 2. The van der Waals surface area contributed by atoms with Crippen LogP contribution in [0.15, 0.2) is 48.5 Å². The van der Waals surface area contributed by atoms with Crippen molar-refractivity contribution >= 4 is 50.7 Å². The van der Waals surface area contributed by atoms with E-state index in [1.54, 1.807) is 35.2 Å². The number of benzene rings is 2. The highest BCUT2D eigenvalue weighted by molar-refractivity contribution is 7.92. The normalized spacial score (nSPS) is 12.1. The summed E-state index contributed by atoms with van der Waals surface area (Å²) in [5.74, 6) is -0.442. The number of sulfonamides is 1. The molecule has 2 amide bonds. The number of carbonyl (C=O) groups is 2. The van der Waals surface area contributed by atoms with Crippen molar-refractivity contribution in [2.24, 2.45) is 0 Å². The standard InChI is InChI=1S/C26H35Cl2N3O4S/c1-4-6-17-29-26(33)24(5-2)30(19-20-10-7-8-11-23(20)28)25(32)12-9-18-31(36(3,34)35)22-15-13-21(27)14-16-22/h7-8,10-11,13-16,24H,4-6,9,12,17-19H2,1-3H3,(H,29,33)/t24-/m1/s1. The molecule has 0 aliphatic carbocycles. The molecule has 7 nitrogen and oxygen atoms in total. The molecule has 2 aromatic carbocycles. The molecule has 0 fully saturated rings. The summed E-state index contributed by atoms with van der Waals surface area (Å²) in [6.45, 7) is 4.75. The minimum atomic E-state index is -3.57. The third kappa shape index (κ3) is 8.98. The summed E-state index contributed by atoms with van der Waals surface area (Å²) >= 11 is 12.3. The third-order valence-corrected chi connectivity index (χ3v) is 7.60. The van der Waals surface area contributed by atoms with Gasteiger partial charge in [-0.3, -0.25) is 13.9 Å². The lowest BCUT2D eigenvalue weighted by Gasteiger charge is -2.31. The maximum Gasteiger partial charge on any atom is 0.242 e. The molecular formula is C26H35Cl2N3O4S. The molecule has 0 heterocycles. The van der Waals surface area contributed by atoms with Crippen LogP contribution < -0.4 is 9.62 Å². The van der Waals surface area contributed by atoms with Gasteiger partial charge in [0.15, 0.2) is 0 Å². The molecule has 198 valence electrons. The smallest absolute Gasteiger partial charge is 0.242 e. The summed E-state index contributed by atoms with van der Waals surface area (Å²) in [7, 11) is -3.57. The number of hydrogen-bond acceptors (Lipinski definition) is 4. The van der Waals surface area contributed by atoms with Crippen LogP contribution in [0.1, 0.15) is 51.5 Å². The lowest BCUT2D eigenvalue weighted by Crippen LogP contribution is -2.49. The van der Waals surface area contributed by atoms with Crippen LogP contribution in [0.3, 0.4) is 0 Å². The SMILES string of the molecule is CCCCNC(=O)[C@@H](CC)N(Cc1ccccc1Cl)C(=O)CCCN(c1ccc(Cl)cc1)S(C)(=O)=O. The summed E-state index contributed by atoms with van der Waals surface area (Å²) in [4.78, 5) is 27.9. The predicted octanol–water partition coefficient (Wildman–Crippen LogP) is 5.26. The van der Waals surface area contributed by atoms with Gasteiger partial charge in [-0.15, -0.1) is 0 Å². The minimum absolute atomic E-state index is 0.0722. The Labute approximate surface area is 224 Å². The zero-order valence-electron chi connectivity index (χ0n) is 21.0. The van der Waals surface area contributed by atoms with Crippen molar-refractivity contribution in [1.29, 1.82) is 0 Å². The summed E-state index contributed by atoms with van der Waals surface area (Å²) in [5.41, 5.74) is 1.22. The quantitative estimate of drug-likeness (QED) is 0.322. The van der Waals surface area contributed by atoms with Gasteiger partial charge in [0.1, 0.15) is 6.04 Å². The summed E-state index contributed by atoms with van der Waals surface area (Å²) in [6.07, 6.45) is 3.72. The van der Waals surface area contributed by atoms with Crippen molar-refractivity contribution in [3.8, 4) is 0 Å². The second-order valence-corrected chi connectivity index (χ2v) is 11.3. The van der Waals surface area contributed by atoms with Crippen molar-refractivity contribution in [1.82, 2.24) is 10.2 Å². The van der Waals surface area contributed by atoms with Gasteiger partial charge in [-0.05, 0) is 55.2 Å². The first-order valence-electron chi connectivity index (χ1n) is 12.1. The van der Waals surface area contributed by atoms with Gasteiger partial charge in [0.25, 0.3) is 0 Å². The van der Waals surface area contributed by atoms with Gasteiger partial charge in [-0.2, -0.15) is 0 Å². The number of unbranched alkanes of at least 4 members (excludes halogenated alkanes) is 1. The average Bonchev–Trinajstić information content (AvgIpc) is 2.83. The number of carbonyl (C=O) groups excluding carboxylic acids is 2. The predicted molar refractivity (Wildman–Crippen MR) is 147 cm³/mol. The van der Waals surface area contributed by atoms with Crippen LogP contribution in [0, 0.1) is 0 Å². The first kappa shape index (κ1) is 29.9. The molecule has 0 aliphatic rings. The Balaban J connectivity index is 2.20. The molecule has 1 atom stereocenters. The minimum Gasteiger partial charge on any atom is -0.354 e. The van der Waals surface area contributed by atoms with Crippen LogP contribution in [0.4, 0.5) is 5.69 Å². The molecule has 36 heavy (non-hydrogen) atoms. The van der Waals surface area contributed by atoms with Crippen LogP contribution in [0.25, 0.3) is 0 Å². The average molecular weight is 557 g/mol. The number of hydrogen-bond donors (Lipinski definition) is 1. The molecule has 0 bridgehead atoms. The van der Waals surface area contributed by atoms with Crippen LogP contribution in [0.5, 0.6) is 0 Å². The lowest BCUT2D eigenvalue weighted by molar-refractivity contribution is -0.141. The molecule has 1 N–H and O–H groups in total. The molecule has 0 aliphatic heterocycles. The number of nitrogens with one attached hydrogen (secondary N) is 1. The van der Waals surface area contributed by atoms with Crippen molar-refractivity contribution in [2.45, 2.75) is 58.5 Å². The molecule has 10 heteroatoms. The molecule has 0 spiro atoms. The fourth-order valence-electron chi connectivity index (χ4n) is 3.85. The van der Waals surface area contributed by atoms with E-state index in [1.165, 1.54) is 4.31 Å². The Morgan fingerprint density at radius 3 is 2.25 bits per heavy atom. The van der Waals surface area contributed by atoms with Gasteiger partial charge < -0.3 is 10.2 Å². The molecule has 0 aromatic heterocycles. The van der Waals surface area contributed by atoms with Crippen LogP contribution in [0.2, 0.25) is 10.0 Å². The summed E-state index contributed by atoms with van der Waals surface area (Å²) < 4.78 is 26.1. The molecule has 2 rings (SSSR count). The Morgan fingerprint density at radius 1 is 1.00 bits per heavy atom. The van der Waals surface area contributed by atoms with Crippen molar-refractivity contribution in [3.63, 3.8) is 0 Å². The van der Waals surface area contributed by atoms with E-state index < -0.39 is 16.1 Å². The van der Waals surface area contributed by atoms with Crippen molar-refractivity contribution in [3.05, 3.63) is 64.1 Å². The van der Waals surface area contributed by atoms with Crippen molar-refractivity contribution < 1.29 is 18.0 Å². The first-order chi connectivity index (χ1) is 17.1.